The molecule has 0 aliphatic heterocycles. The van der Waals surface area contributed by atoms with E-state index in [1.165, 1.54) is 16.0 Å². The maximum absolute atomic E-state index is 4.55. The molecule has 23 heavy (non-hydrogen) atoms. The minimum atomic E-state index is 0.978. The van der Waals surface area contributed by atoms with Crippen molar-refractivity contribution in [3.05, 3.63) is 95.6 Å². The second kappa shape index (κ2) is 7.80. The van der Waals surface area contributed by atoms with Crippen LogP contribution in [0.3, 0.4) is 0 Å². The maximum atomic E-state index is 4.55. The molecule has 0 amide bonds. The zero-order valence-corrected chi connectivity index (χ0v) is 14.0. The summed E-state index contributed by atoms with van der Waals surface area (Å²) in [6.45, 7) is 2.09. The van der Waals surface area contributed by atoms with Crippen molar-refractivity contribution < 1.29 is 0 Å². The van der Waals surface area contributed by atoms with E-state index in [0.29, 0.717) is 0 Å². The first-order valence-electron chi connectivity index (χ1n) is 7.67. The molecule has 3 aromatic rings. The third-order valence-electron chi connectivity index (χ3n) is 3.49. The van der Waals surface area contributed by atoms with Crippen LogP contribution in [-0.4, -0.2) is 6.21 Å². The molecule has 0 aliphatic rings. The van der Waals surface area contributed by atoms with E-state index in [1.807, 2.05) is 24.0 Å². The Hall–Kier alpha value is -2.32. The van der Waals surface area contributed by atoms with E-state index >= 15 is 0 Å². The summed E-state index contributed by atoms with van der Waals surface area (Å²) in [4.78, 5) is 5.85. The maximum Gasteiger partial charge on any atom is 0.0630 e. The van der Waals surface area contributed by atoms with Crippen LogP contribution < -0.4 is 0 Å². The molecular weight excluding hydrogens is 298 g/mol. The molecule has 0 saturated heterocycles. The monoisotopic (exact) mass is 317 g/mol. The van der Waals surface area contributed by atoms with E-state index in [2.05, 4.69) is 84.7 Å². The zero-order chi connectivity index (χ0) is 15.9. The van der Waals surface area contributed by atoms with Crippen LogP contribution in [0.25, 0.3) is 0 Å². The topological polar surface area (TPSA) is 12.4 Å². The average molecular weight is 317 g/mol. The van der Waals surface area contributed by atoms with Crippen molar-refractivity contribution in [1.29, 1.82) is 0 Å². The third kappa shape index (κ3) is 4.83. The van der Waals surface area contributed by atoms with Gasteiger partial charge in [-0.2, -0.15) is 0 Å². The standard InChI is InChI=1S/C21H19NS/c1-17-6-5-7-19(14-17)15-22-20-12-10-18(11-13-20)16-23-21-8-3-2-4-9-21/h2-15H,16H2,1H3. The molecule has 0 bridgehead atoms. The Morgan fingerprint density at radius 1 is 0.870 bits per heavy atom. The minimum Gasteiger partial charge on any atom is -0.256 e. The zero-order valence-electron chi connectivity index (χ0n) is 13.1. The Morgan fingerprint density at radius 3 is 2.39 bits per heavy atom. The van der Waals surface area contributed by atoms with E-state index in [-0.39, 0.29) is 0 Å². The molecule has 2 heteroatoms. The van der Waals surface area contributed by atoms with Gasteiger partial charge in [0.05, 0.1) is 5.69 Å². The molecule has 114 valence electrons. The SMILES string of the molecule is Cc1cccc(C=Nc2ccc(CSc3ccccc3)cc2)c1. The van der Waals surface area contributed by atoms with Crippen molar-refractivity contribution in [2.45, 2.75) is 17.6 Å². The van der Waals surface area contributed by atoms with E-state index in [9.17, 15) is 0 Å². The van der Waals surface area contributed by atoms with Crippen LogP contribution in [0.2, 0.25) is 0 Å². The van der Waals surface area contributed by atoms with Gasteiger partial charge in [-0.15, -0.1) is 11.8 Å². The van der Waals surface area contributed by atoms with Crippen molar-refractivity contribution in [3.63, 3.8) is 0 Å². The normalized spacial score (nSPS) is 11.0. The molecule has 0 atom stereocenters. The van der Waals surface area contributed by atoms with Crippen molar-refractivity contribution in [1.82, 2.24) is 0 Å². The fraction of sp³-hybridized carbons (Fsp3) is 0.0952. The summed E-state index contributed by atoms with van der Waals surface area (Å²) in [5, 5.41) is 0. The van der Waals surface area contributed by atoms with Crippen molar-refractivity contribution in [2.75, 3.05) is 0 Å². The summed E-state index contributed by atoms with van der Waals surface area (Å²) in [5.74, 6) is 0.978. The van der Waals surface area contributed by atoms with Gasteiger partial charge >= 0.3 is 0 Å². The molecule has 0 saturated carbocycles. The van der Waals surface area contributed by atoms with Gasteiger partial charge in [0.25, 0.3) is 0 Å². The van der Waals surface area contributed by atoms with Crippen LogP contribution in [-0.2, 0) is 5.75 Å². The van der Waals surface area contributed by atoms with Gasteiger partial charge in [0.1, 0.15) is 0 Å². The molecule has 0 N–H and O–H groups in total. The number of aliphatic imine (C=N–C) groups is 1. The first-order valence-corrected chi connectivity index (χ1v) is 8.66. The number of aryl methyl sites for hydroxylation is 1. The second-order valence-electron chi connectivity index (χ2n) is 5.44. The van der Waals surface area contributed by atoms with Gasteiger partial charge in [-0.3, -0.25) is 4.99 Å². The van der Waals surface area contributed by atoms with Crippen LogP contribution in [0.5, 0.6) is 0 Å². The van der Waals surface area contributed by atoms with E-state index in [1.54, 1.807) is 0 Å². The van der Waals surface area contributed by atoms with E-state index in [0.717, 1.165) is 17.0 Å². The fourth-order valence-corrected chi connectivity index (χ4v) is 3.14. The molecule has 0 radical (unpaired) electrons. The van der Waals surface area contributed by atoms with Crippen molar-refractivity contribution in [3.8, 4) is 0 Å². The molecule has 0 unspecified atom stereocenters. The number of nitrogens with zero attached hydrogens (tertiary/aromatic N) is 1. The Labute approximate surface area is 142 Å². The molecule has 3 aromatic carbocycles. The lowest BCUT2D eigenvalue weighted by atomic mass is 10.1. The summed E-state index contributed by atoms with van der Waals surface area (Å²) in [6.07, 6.45) is 1.92. The lowest BCUT2D eigenvalue weighted by molar-refractivity contribution is 1.37. The van der Waals surface area contributed by atoms with Gasteiger partial charge in [0.15, 0.2) is 0 Å². The van der Waals surface area contributed by atoms with Gasteiger partial charge in [-0.05, 0) is 42.3 Å². The smallest absolute Gasteiger partial charge is 0.0630 e. The van der Waals surface area contributed by atoms with Crippen LogP contribution >= 0.6 is 11.8 Å². The largest absolute Gasteiger partial charge is 0.256 e. The van der Waals surface area contributed by atoms with Gasteiger partial charge in [-0.25, -0.2) is 0 Å². The van der Waals surface area contributed by atoms with Crippen molar-refractivity contribution >= 4 is 23.7 Å². The predicted octanol–water partition coefficient (Wildman–Crippen LogP) is 6.04. The third-order valence-corrected chi connectivity index (χ3v) is 4.57. The fourth-order valence-electron chi connectivity index (χ4n) is 2.26. The van der Waals surface area contributed by atoms with E-state index < -0.39 is 0 Å². The van der Waals surface area contributed by atoms with Gasteiger partial charge < -0.3 is 0 Å². The highest BCUT2D eigenvalue weighted by atomic mass is 32.2. The first-order chi connectivity index (χ1) is 11.3. The second-order valence-corrected chi connectivity index (χ2v) is 6.49. The molecule has 1 nitrogen and oxygen atoms in total. The number of rotatable bonds is 5. The predicted molar refractivity (Wildman–Crippen MR) is 101 cm³/mol. The van der Waals surface area contributed by atoms with Crippen LogP contribution in [0.1, 0.15) is 16.7 Å². The summed E-state index contributed by atoms with van der Waals surface area (Å²) in [6, 6.07) is 27.3. The summed E-state index contributed by atoms with van der Waals surface area (Å²) >= 11 is 1.85. The highest BCUT2D eigenvalue weighted by Gasteiger charge is 1.96. The Balaban J connectivity index is 1.61. The molecule has 0 heterocycles. The molecule has 0 aliphatic carbocycles. The highest BCUT2D eigenvalue weighted by molar-refractivity contribution is 7.98. The number of benzene rings is 3. The first kappa shape index (κ1) is 15.6. The molecular formula is C21H19NS. The molecule has 0 aromatic heterocycles. The van der Waals surface area contributed by atoms with Gasteiger partial charge in [0, 0.05) is 16.9 Å². The Kier molecular flexibility index (Phi) is 5.28. The summed E-state index contributed by atoms with van der Waals surface area (Å²) in [7, 11) is 0. The number of hydrogen-bond donors (Lipinski definition) is 0. The Morgan fingerprint density at radius 2 is 1.65 bits per heavy atom. The average Bonchev–Trinajstić information content (AvgIpc) is 2.60. The van der Waals surface area contributed by atoms with Gasteiger partial charge in [0.2, 0.25) is 0 Å². The molecule has 3 rings (SSSR count). The van der Waals surface area contributed by atoms with Crippen molar-refractivity contribution in [2.24, 2.45) is 4.99 Å². The lowest BCUT2D eigenvalue weighted by Crippen LogP contribution is -1.82. The number of thioether (sulfide) groups is 1. The molecule has 0 fully saturated rings. The van der Waals surface area contributed by atoms with Crippen LogP contribution in [0, 0.1) is 6.92 Å². The highest BCUT2D eigenvalue weighted by Crippen LogP contribution is 2.23. The van der Waals surface area contributed by atoms with Crippen LogP contribution in [0.4, 0.5) is 5.69 Å². The van der Waals surface area contributed by atoms with Gasteiger partial charge in [-0.1, -0.05) is 60.2 Å². The Bertz CT molecular complexity index is 776. The lowest BCUT2D eigenvalue weighted by Gasteiger charge is -2.02. The minimum absolute atomic E-state index is 0.978. The number of hydrogen-bond acceptors (Lipinski definition) is 2. The molecule has 0 spiro atoms. The summed E-state index contributed by atoms with van der Waals surface area (Å²) in [5.41, 5.74) is 4.68. The van der Waals surface area contributed by atoms with Crippen LogP contribution in [0.15, 0.2) is 88.8 Å². The quantitative estimate of drug-likeness (QED) is 0.413. The van der Waals surface area contributed by atoms with E-state index in [4.69, 9.17) is 0 Å². The summed E-state index contributed by atoms with van der Waals surface area (Å²) < 4.78 is 0.